The normalized spacial score (nSPS) is 11.5. The van der Waals surface area contributed by atoms with Crippen molar-refractivity contribution in [3.8, 4) is 0 Å². The van der Waals surface area contributed by atoms with Gasteiger partial charge in [-0.05, 0) is 25.0 Å². The van der Waals surface area contributed by atoms with E-state index in [0.717, 1.165) is 21.6 Å². The van der Waals surface area contributed by atoms with Crippen molar-refractivity contribution in [2.45, 2.75) is 26.4 Å². The summed E-state index contributed by atoms with van der Waals surface area (Å²) in [5.74, 6) is -0.578. The average molecular weight is 308 g/mol. The van der Waals surface area contributed by atoms with Gasteiger partial charge in [0.25, 0.3) is 0 Å². The van der Waals surface area contributed by atoms with Crippen LogP contribution in [0.4, 0.5) is 13.2 Å². The summed E-state index contributed by atoms with van der Waals surface area (Å²) >= 11 is 5.47. The van der Waals surface area contributed by atoms with Crippen LogP contribution in [-0.2, 0) is 11.2 Å². The molecule has 20 heavy (non-hydrogen) atoms. The molecule has 0 fully saturated rings. The molecule has 0 heterocycles. The van der Waals surface area contributed by atoms with Gasteiger partial charge in [0, 0.05) is 12.4 Å². The molecule has 112 valence electrons. The third-order valence-corrected chi connectivity index (χ3v) is 3.09. The highest BCUT2D eigenvalue weighted by Gasteiger charge is 2.32. The number of alkyl halides is 4. The van der Waals surface area contributed by atoms with Gasteiger partial charge in [-0.1, -0.05) is 23.8 Å². The van der Waals surface area contributed by atoms with Gasteiger partial charge >= 0.3 is 6.18 Å². The summed E-state index contributed by atoms with van der Waals surface area (Å²) in [6, 6.07) is 5.57. The third kappa shape index (κ3) is 5.41. The van der Waals surface area contributed by atoms with E-state index >= 15 is 0 Å². The summed E-state index contributed by atoms with van der Waals surface area (Å²) in [5, 5.41) is 0. The second kappa shape index (κ2) is 6.97. The van der Waals surface area contributed by atoms with Gasteiger partial charge in [0.1, 0.15) is 6.54 Å². The van der Waals surface area contributed by atoms with E-state index in [-0.39, 0.29) is 18.8 Å². The molecule has 0 radical (unpaired) electrons. The number of nitrogens with zero attached hydrogens (tertiary/aromatic N) is 1. The molecule has 0 aliphatic carbocycles. The molecular weight excluding hydrogens is 291 g/mol. The highest BCUT2D eigenvalue weighted by atomic mass is 35.5. The number of amides is 1. The Bertz CT molecular complexity index is 474. The summed E-state index contributed by atoms with van der Waals surface area (Å²) in [5.41, 5.74) is 2.61. The highest BCUT2D eigenvalue weighted by Crippen LogP contribution is 2.18. The van der Waals surface area contributed by atoms with Gasteiger partial charge in [-0.2, -0.15) is 13.2 Å². The van der Waals surface area contributed by atoms with Crippen molar-refractivity contribution in [1.29, 1.82) is 0 Å². The van der Waals surface area contributed by atoms with Crippen molar-refractivity contribution in [3.63, 3.8) is 0 Å². The van der Waals surface area contributed by atoms with E-state index in [0.29, 0.717) is 0 Å². The first kappa shape index (κ1) is 16.8. The van der Waals surface area contributed by atoms with E-state index in [2.05, 4.69) is 0 Å². The SMILES string of the molecule is Cc1ccc(C)c(CC(=O)N(CCCl)CC(F)(F)F)c1. The lowest BCUT2D eigenvalue weighted by atomic mass is 10.0. The lowest BCUT2D eigenvalue weighted by molar-refractivity contribution is -0.160. The molecule has 0 aliphatic heterocycles. The third-order valence-electron chi connectivity index (χ3n) is 2.92. The predicted octanol–water partition coefficient (Wildman–Crippen LogP) is 3.48. The van der Waals surface area contributed by atoms with Crippen molar-refractivity contribution in [1.82, 2.24) is 4.90 Å². The van der Waals surface area contributed by atoms with Crippen LogP contribution in [0.2, 0.25) is 0 Å². The van der Waals surface area contributed by atoms with Crippen molar-refractivity contribution in [2.24, 2.45) is 0 Å². The second-order valence-corrected chi connectivity index (χ2v) is 5.10. The molecule has 0 spiro atoms. The zero-order chi connectivity index (χ0) is 15.3. The van der Waals surface area contributed by atoms with Gasteiger partial charge in [-0.15, -0.1) is 11.6 Å². The first-order chi connectivity index (χ1) is 9.23. The molecule has 0 atom stereocenters. The Labute approximate surface area is 121 Å². The summed E-state index contributed by atoms with van der Waals surface area (Å²) < 4.78 is 37.3. The minimum atomic E-state index is -4.41. The molecule has 1 rings (SSSR count). The Hall–Kier alpha value is -1.23. The molecular formula is C14H17ClF3NO. The number of rotatable bonds is 5. The van der Waals surface area contributed by atoms with Gasteiger partial charge in [-0.3, -0.25) is 4.79 Å². The maximum atomic E-state index is 12.4. The number of carbonyl (C=O) groups is 1. The molecule has 0 saturated carbocycles. The standard InChI is InChI=1S/C14H17ClF3NO/c1-10-3-4-11(2)12(7-10)8-13(20)19(6-5-15)9-14(16,17)18/h3-4,7H,5-6,8-9H2,1-2H3. The number of benzene rings is 1. The molecule has 0 N–H and O–H groups in total. The van der Waals surface area contributed by atoms with Crippen LogP contribution in [0.5, 0.6) is 0 Å². The fourth-order valence-corrected chi connectivity index (χ4v) is 2.08. The zero-order valence-corrected chi connectivity index (χ0v) is 12.2. The number of halogens is 4. The van der Waals surface area contributed by atoms with E-state index in [1.165, 1.54) is 0 Å². The van der Waals surface area contributed by atoms with E-state index in [1.807, 2.05) is 32.0 Å². The quantitative estimate of drug-likeness (QED) is 0.763. The van der Waals surface area contributed by atoms with Crippen LogP contribution in [0.25, 0.3) is 0 Å². The lowest BCUT2D eigenvalue weighted by Crippen LogP contribution is -2.41. The Morgan fingerprint density at radius 1 is 1.30 bits per heavy atom. The highest BCUT2D eigenvalue weighted by molar-refractivity contribution is 6.18. The summed E-state index contributed by atoms with van der Waals surface area (Å²) in [6.45, 7) is 2.34. The van der Waals surface area contributed by atoms with Crippen LogP contribution in [0.1, 0.15) is 16.7 Å². The van der Waals surface area contributed by atoms with E-state index in [1.54, 1.807) is 0 Å². The lowest BCUT2D eigenvalue weighted by Gasteiger charge is -2.23. The molecule has 1 aromatic carbocycles. The first-order valence-corrected chi connectivity index (χ1v) is 6.73. The van der Waals surface area contributed by atoms with E-state index in [4.69, 9.17) is 11.6 Å². The van der Waals surface area contributed by atoms with Gasteiger partial charge in [0.15, 0.2) is 0 Å². The van der Waals surface area contributed by atoms with Gasteiger partial charge in [-0.25, -0.2) is 0 Å². The Kier molecular flexibility index (Phi) is 5.87. The zero-order valence-electron chi connectivity index (χ0n) is 11.4. The fraction of sp³-hybridized carbons (Fsp3) is 0.500. The van der Waals surface area contributed by atoms with Crippen molar-refractivity contribution in [3.05, 3.63) is 34.9 Å². The molecule has 2 nitrogen and oxygen atoms in total. The van der Waals surface area contributed by atoms with Crippen molar-refractivity contribution in [2.75, 3.05) is 19.0 Å². The van der Waals surface area contributed by atoms with Crippen LogP contribution in [0.3, 0.4) is 0 Å². The molecule has 0 bridgehead atoms. The van der Waals surface area contributed by atoms with Crippen LogP contribution in [-0.4, -0.2) is 36.0 Å². The number of aryl methyl sites for hydroxylation is 2. The fourth-order valence-electron chi connectivity index (χ4n) is 1.88. The van der Waals surface area contributed by atoms with Gasteiger partial charge in [0.05, 0.1) is 6.42 Å². The molecule has 0 unspecified atom stereocenters. The van der Waals surface area contributed by atoms with E-state index < -0.39 is 18.6 Å². The number of hydrogen-bond donors (Lipinski definition) is 0. The molecule has 0 aliphatic rings. The minimum absolute atomic E-state index is 0.0192. The Balaban J connectivity index is 2.82. The maximum Gasteiger partial charge on any atom is 0.406 e. The summed E-state index contributed by atoms with van der Waals surface area (Å²) in [6.07, 6.45) is -4.45. The Morgan fingerprint density at radius 2 is 1.95 bits per heavy atom. The van der Waals surface area contributed by atoms with Crippen molar-refractivity contribution >= 4 is 17.5 Å². The number of carbonyl (C=O) groups excluding carboxylic acids is 1. The van der Waals surface area contributed by atoms with Gasteiger partial charge < -0.3 is 4.90 Å². The first-order valence-electron chi connectivity index (χ1n) is 6.19. The summed E-state index contributed by atoms with van der Waals surface area (Å²) in [4.78, 5) is 12.8. The number of hydrogen-bond acceptors (Lipinski definition) is 1. The second-order valence-electron chi connectivity index (χ2n) is 4.73. The van der Waals surface area contributed by atoms with Crippen LogP contribution >= 0.6 is 11.6 Å². The average Bonchev–Trinajstić information content (AvgIpc) is 2.31. The van der Waals surface area contributed by atoms with Crippen LogP contribution in [0.15, 0.2) is 18.2 Å². The monoisotopic (exact) mass is 307 g/mol. The molecule has 1 aromatic rings. The predicted molar refractivity (Wildman–Crippen MR) is 73.0 cm³/mol. The van der Waals surface area contributed by atoms with Crippen LogP contribution < -0.4 is 0 Å². The molecule has 0 saturated heterocycles. The van der Waals surface area contributed by atoms with E-state index in [9.17, 15) is 18.0 Å². The maximum absolute atomic E-state index is 12.4. The molecule has 1 amide bonds. The Morgan fingerprint density at radius 3 is 2.50 bits per heavy atom. The van der Waals surface area contributed by atoms with Crippen LogP contribution in [0, 0.1) is 13.8 Å². The minimum Gasteiger partial charge on any atom is -0.332 e. The van der Waals surface area contributed by atoms with Gasteiger partial charge in [0.2, 0.25) is 5.91 Å². The summed E-state index contributed by atoms with van der Waals surface area (Å²) in [7, 11) is 0. The molecule has 0 aromatic heterocycles. The van der Waals surface area contributed by atoms with Crippen molar-refractivity contribution < 1.29 is 18.0 Å². The molecule has 6 heteroatoms. The smallest absolute Gasteiger partial charge is 0.332 e. The largest absolute Gasteiger partial charge is 0.406 e. The topological polar surface area (TPSA) is 20.3 Å².